The summed E-state index contributed by atoms with van der Waals surface area (Å²) in [5, 5.41) is 16.6. The number of hydrogen-bond acceptors (Lipinski definition) is 4. The number of benzene rings is 1. The van der Waals surface area contributed by atoms with Gasteiger partial charge < -0.3 is 14.7 Å². The van der Waals surface area contributed by atoms with Crippen molar-refractivity contribution < 1.29 is 19.5 Å². The van der Waals surface area contributed by atoms with Crippen molar-refractivity contribution in [3.8, 4) is 0 Å². The van der Waals surface area contributed by atoms with Crippen LogP contribution in [0.2, 0.25) is 0 Å². The van der Waals surface area contributed by atoms with Gasteiger partial charge in [0.15, 0.2) is 0 Å². The summed E-state index contributed by atoms with van der Waals surface area (Å²) >= 11 is 0. The van der Waals surface area contributed by atoms with Gasteiger partial charge in [0.05, 0.1) is 5.56 Å². The van der Waals surface area contributed by atoms with Gasteiger partial charge in [-0.2, -0.15) is 0 Å². The van der Waals surface area contributed by atoms with Crippen molar-refractivity contribution in [1.82, 2.24) is 0 Å². The van der Waals surface area contributed by atoms with E-state index in [4.69, 9.17) is 10.0 Å². The Balaban J connectivity index is 2.66. The average Bonchev–Trinajstić information content (AvgIpc) is 2.05. The Labute approximate surface area is 69.6 Å². The first-order valence-electron chi connectivity index (χ1n) is 3.32. The van der Waals surface area contributed by atoms with Crippen LogP contribution >= 0.6 is 0 Å². The molecule has 0 radical (unpaired) electrons. The highest BCUT2D eigenvalue weighted by Gasteiger charge is 2.16. The summed E-state index contributed by atoms with van der Waals surface area (Å²) in [6.45, 7) is 0. The van der Waals surface area contributed by atoms with Crippen molar-refractivity contribution >= 4 is 13.3 Å². The summed E-state index contributed by atoms with van der Waals surface area (Å²) < 4.78 is 4.11. The van der Waals surface area contributed by atoms with Crippen molar-refractivity contribution in [2.45, 2.75) is 0 Å². The second kappa shape index (κ2) is 3.89. The summed E-state index contributed by atoms with van der Waals surface area (Å²) in [5.41, 5.74) is 0.283. The molecule has 0 unspecified atom stereocenters. The molecule has 0 atom stereocenters. The zero-order chi connectivity index (χ0) is 8.97. The van der Waals surface area contributed by atoms with E-state index in [-0.39, 0.29) is 5.56 Å². The first-order valence-corrected chi connectivity index (χ1v) is 3.32. The lowest BCUT2D eigenvalue weighted by atomic mass is 10.2. The lowest BCUT2D eigenvalue weighted by Gasteiger charge is -2.01. The van der Waals surface area contributed by atoms with E-state index in [1.54, 1.807) is 18.2 Å². The van der Waals surface area contributed by atoms with Gasteiger partial charge in [0.2, 0.25) is 0 Å². The van der Waals surface area contributed by atoms with Crippen molar-refractivity contribution in [3.63, 3.8) is 0 Å². The van der Waals surface area contributed by atoms with Crippen LogP contribution in [0.5, 0.6) is 0 Å². The molecular weight excluding hydrogens is 159 g/mol. The number of carbonyl (C=O) groups excluding carboxylic acids is 1. The Morgan fingerprint density at radius 1 is 1.25 bits per heavy atom. The third kappa shape index (κ3) is 2.37. The van der Waals surface area contributed by atoms with Gasteiger partial charge in [0, 0.05) is 0 Å². The van der Waals surface area contributed by atoms with Crippen LogP contribution in [0.4, 0.5) is 0 Å². The van der Waals surface area contributed by atoms with Crippen LogP contribution in [-0.4, -0.2) is 23.3 Å². The summed E-state index contributed by atoms with van der Waals surface area (Å²) in [6.07, 6.45) is 0. The maximum Gasteiger partial charge on any atom is 0.709 e. The normalized spacial score (nSPS) is 9.17. The lowest BCUT2D eigenvalue weighted by molar-refractivity contribution is 0.0648. The number of hydrogen-bond donors (Lipinski definition) is 2. The highest BCUT2D eigenvalue weighted by molar-refractivity contribution is 6.36. The van der Waals surface area contributed by atoms with E-state index in [9.17, 15) is 4.79 Å². The first kappa shape index (κ1) is 8.77. The highest BCUT2D eigenvalue weighted by Crippen LogP contribution is 2.00. The third-order valence-corrected chi connectivity index (χ3v) is 1.22. The Kier molecular flexibility index (Phi) is 2.84. The van der Waals surface area contributed by atoms with E-state index in [1.807, 2.05) is 0 Å². The van der Waals surface area contributed by atoms with Crippen molar-refractivity contribution in [3.05, 3.63) is 35.9 Å². The van der Waals surface area contributed by atoms with Crippen LogP contribution in [0, 0.1) is 0 Å². The predicted molar refractivity (Wildman–Crippen MR) is 42.0 cm³/mol. The van der Waals surface area contributed by atoms with Gasteiger partial charge in [-0.25, -0.2) is 4.79 Å². The van der Waals surface area contributed by atoms with Crippen molar-refractivity contribution in [2.24, 2.45) is 0 Å². The Hall–Kier alpha value is -1.33. The van der Waals surface area contributed by atoms with E-state index >= 15 is 0 Å². The monoisotopic (exact) mass is 166 g/mol. The molecule has 0 aliphatic heterocycles. The Morgan fingerprint density at radius 2 is 1.83 bits per heavy atom. The van der Waals surface area contributed by atoms with Gasteiger partial charge in [0.25, 0.3) is 0 Å². The predicted octanol–water partition coefficient (Wildman–Crippen LogP) is -0.187. The molecule has 0 fully saturated rings. The quantitative estimate of drug-likeness (QED) is 0.597. The number of carbonyl (C=O) groups is 1. The molecule has 0 aliphatic carbocycles. The smallest absolute Gasteiger partial charge is 0.481 e. The second-order valence-electron chi connectivity index (χ2n) is 2.10. The maximum atomic E-state index is 10.9. The topological polar surface area (TPSA) is 66.8 Å². The van der Waals surface area contributed by atoms with Crippen LogP contribution in [0.25, 0.3) is 0 Å². The lowest BCUT2D eigenvalue weighted by Crippen LogP contribution is -2.21. The van der Waals surface area contributed by atoms with Crippen LogP contribution in [0.1, 0.15) is 10.4 Å². The minimum absolute atomic E-state index is 0.283. The van der Waals surface area contributed by atoms with E-state index in [0.717, 1.165) is 0 Å². The fraction of sp³-hybridized carbons (Fsp3) is 0. The summed E-state index contributed by atoms with van der Waals surface area (Å²) in [6, 6.07) is 8.09. The molecule has 1 aromatic carbocycles. The van der Waals surface area contributed by atoms with E-state index in [1.165, 1.54) is 12.1 Å². The minimum Gasteiger partial charge on any atom is -0.481 e. The standard InChI is InChI=1S/C7H7BO4/c9-7(12-8(10)11)6-4-2-1-3-5-6/h1-5,10-11H. The molecule has 2 N–H and O–H groups in total. The van der Waals surface area contributed by atoms with E-state index in [2.05, 4.69) is 4.65 Å². The molecule has 12 heavy (non-hydrogen) atoms. The number of rotatable bonds is 2. The molecule has 5 heteroatoms. The Bertz CT molecular complexity index is 259. The van der Waals surface area contributed by atoms with Crippen LogP contribution in [-0.2, 0) is 4.65 Å². The van der Waals surface area contributed by atoms with E-state index < -0.39 is 13.3 Å². The molecular formula is C7H7BO4. The summed E-state index contributed by atoms with van der Waals surface area (Å²) in [7, 11) is -2.06. The first-order chi connectivity index (χ1) is 5.70. The molecule has 0 heterocycles. The molecule has 0 bridgehead atoms. The van der Waals surface area contributed by atoms with Gasteiger partial charge >= 0.3 is 13.3 Å². The molecule has 0 amide bonds. The highest BCUT2D eigenvalue weighted by atomic mass is 16.6. The summed E-state index contributed by atoms with van der Waals surface area (Å²) in [4.78, 5) is 10.9. The van der Waals surface area contributed by atoms with Crippen molar-refractivity contribution in [2.75, 3.05) is 0 Å². The second-order valence-corrected chi connectivity index (χ2v) is 2.10. The Morgan fingerprint density at radius 3 is 2.33 bits per heavy atom. The zero-order valence-electron chi connectivity index (χ0n) is 6.18. The maximum absolute atomic E-state index is 10.9. The van der Waals surface area contributed by atoms with Crippen LogP contribution < -0.4 is 0 Å². The summed E-state index contributed by atoms with van der Waals surface area (Å²) in [5.74, 6) is -0.759. The fourth-order valence-electron chi connectivity index (χ4n) is 0.738. The van der Waals surface area contributed by atoms with Crippen molar-refractivity contribution in [1.29, 1.82) is 0 Å². The zero-order valence-corrected chi connectivity index (χ0v) is 6.18. The molecule has 1 rings (SSSR count). The molecule has 0 aliphatic rings. The molecule has 62 valence electrons. The van der Waals surface area contributed by atoms with Gasteiger partial charge in [-0.3, -0.25) is 0 Å². The van der Waals surface area contributed by atoms with Crippen LogP contribution in [0.3, 0.4) is 0 Å². The molecule has 1 aromatic rings. The SMILES string of the molecule is O=C(OB(O)O)c1ccccc1. The fourth-order valence-corrected chi connectivity index (χ4v) is 0.738. The third-order valence-electron chi connectivity index (χ3n) is 1.22. The molecule has 0 saturated carbocycles. The van der Waals surface area contributed by atoms with Gasteiger partial charge in [0.1, 0.15) is 0 Å². The largest absolute Gasteiger partial charge is 0.709 e. The minimum atomic E-state index is -2.06. The molecule has 0 saturated heterocycles. The molecule has 4 nitrogen and oxygen atoms in total. The molecule has 0 aromatic heterocycles. The van der Waals surface area contributed by atoms with Gasteiger partial charge in [-0.15, -0.1) is 0 Å². The van der Waals surface area contributed by atoms with Gasteiger partial charge in [-0.1, -0.05) is 18.2 Å². The average molecular weight is 166 g/mol. The van der Waals surface area contributed by atoms with Gasteiger partial charge in [-0.05, 0) is 12.1 Å². The van der Waals surface area contributed by atoms with Crippen LogP contribution in [0.15, 0.2) is 30.3 Å². The van der Waals surface area contributed by atoms with E-state index in [0.29, 0.717) is 0 Å². The molecule has 0 spiro atoms.